The van der Waals surface area contributed by atoms with Crippen LogP contribution in [-0.2, 0) is 47.2 Å². The fraction of sp³-hybridized carbons (Fsp3) is 0.940. The lowest BCUT2D eigenvalue weighted by molar-refractivity contribution is -0.287. The summed E-state index contributed by atoms with van der Waals surface area (Å²) in [4.78, 5) is 79.1. The predicted molar refractivity (Wildman–Crippen MR) is 336 cm³/mol. The Balaban J connectivity index is 2.38. The van der Waals surface area contributed by atoms with Crippen LogP contribution in [0.5, 0.6) is 0 Å². The van der Waals surface area contributed by atoms with E-state index in [1.165, 1.54) is 141 Å². The zero-order chi connectivity index (χ0) is 61.4. The molecule has 17 heteroatoms. The van der Waals surface area contributed by atoms with Crippen LogP contribution < -0.4 is 5.32 Å². The normalized spacial score (nSPS) is 20.0. The molecule has 0 saturated carbocycles. The minimum Gasteiger partial charge on any atom is -0.462 e. The fourth-order valence-electron chi connectivity index (χ4n) is 12.3. The second kappa shape index (κ2) is 50.7. The molecule has 494 valence electrons. The molecule has 0 spiro atoms. The van der Waals surface area contributed by atoms with Gasteiger partial charge in [0.25, 0.3) is 0 Å². The standard InChI is InChI=1S/C67H127N2O14P/c1-5-9-13-17-21-25-27-31-35-39-43-49-61(72)79-57(47-41-37-33-29-23-19-15-11-7-3)53-60(71)68-67(56-69-51-45-46-52-69)65(64(83-84(76,77)78)59(55-70)81-66(67)75)82-63(74)54-58(48-42-38-34-30-24-20-16-12-8-4)80-62(73)50-44-40-36-32-28-26-22-18-14-10-6-2/h57-59,64-66,70,75H,5-56H2,1-4H3,(H,68,71)(H2,76,77,78)/t57-,58-,59-,64-,65+,66-,67-/m1/s1. The highest BCUT2D eigenvalue weighted by Crippen LogP contribution is 2.45. The van der Waals surface area contributed by atoms with Crippen LogP contribution in [0.25, 0.3) is 0 Å². The molecule has 2 aliphatic heterocycles. The average molecular weight is 1220 g/mol. The third-order valence-electron chi connectivity index (χ3n) is 17.3. The van der Waals surface area contributed by atoms with Gasteiger partial charge in [-0.05, 0) is 64.5 Å². The maximum atomic E-state index is 14.8. The average Bonchev–Trinajstić information content (AvgIpc) is 1.99. The topological polar surface area (TPSA) is 228 Å². The summed E-state index contributed by atoms with van der Waals surface area (Å²) in [6.07, 6.45) is 37.4. The number of hydrogen-bond donors (Lipinski definition) is 5. The molecule has 0 aromatic carbocycles. The van der Waals surface area contributed by atoms with Crippen molar-refractivity contribution in [3.63, 3.8) is 0 Å². The van der Waals surface area contributed by atoms with E-state index in [2.05, 4.69) is 33.0 Å². The van der Waals surface area contributed by atoms with Gasteiger partial charge in [0.05, 0.1) is 19.4 Å². The molecule has 0 radical (unpaired) electrons. The van der Waals surface area contributed by atoms with Gasteiger partial charge in [0.1, 0.15) is 30.0 Å². The van der Waals surface area contributed by atoms with Crippen LogP contribution in [0, 0.1) is 0 Å². The highest BCUT2D eigenvalue weighted by Gasteiger charge is 2.61. The quantitative estimate of drug-likeness (QED) is 0.0165. The van der Waals surface area contributed by atoms with Crippen LogP contribution in [-0.4, -0.2) is 117 Å². The molecule has 2 rings (SSSR count). The number of unbranched alkanes of at least 4 members (excludes halogenated alkanes) is 36. The molecule has 84 heavy (non-hydrogen) atoms. The van der Waals surface area contributed by atoms with Gasteiger partial charge in [-0.1, -0.05) is 259 Å². The van der Waals surface area contributed by atoms with Crippen LogP contribution in [0.3, 0.4) is 0 Å². The molecular weight excluding hydrogens is 1090 g/mol. The number of aliphatic hydroxyl groups is 2. The van der Waals surface area contributed by atoms with Gasteiger partial charge in [-0.25, -0.2) is 4.57 Å². The van der Waals surface area contributed by atoms with Crippen molar-refractivity contribution < 1.29 is 67.2 Å². The number of rotatable bonds is 57. The van der Waals surface area contributed by atoms with E-state index in [0.29, 0.717) is 51.6 Å². The molecule has 5 N–H and O–H groups in total. The number of phosphoric acid groups is 1. The maximum Gasteiger partial charge on any atom is 0.470 e. The van der Waals surface area contributed by atoms with Crippen LogP contribution in [0.1, 0.15) is 336 Å². The molecule has 0 unspecified atom stereocenters. The van der Waals surface area contributed by atoms with E-state index in [-0.39, 0.29) is 25.8 Å². The molecule has 0 aliphatic carbocycles. The number of nitrogens with one attached hydrogen (secondary N) is 1. The van der Waals surface area contributed by atoms with Crippen molar-refractivity contribution in [2.24, 2.45) is 0 Å². The molecule has 2 fully saturated rings. The number of carbonyl (C=O) groups is 4. The monoisotopic (exact) mass is 1210 g/mol. The summed E-state index contributed by atoms with van der Waals surface area (Å²) in [5, 5.41) is 25.8. The van der Waals surface area contributed by atoms with Gasteiger partial charge < -0.3 is 49.2 Å². The summed E-state index contributed by atoms with van der Waals surface area (Å²) in [6.45, 7) is 8.84. The van der Waals surface area contributed by atoms with Gasteiger partial charge in [0.15, 0.2) is 12.4 Å². The van der Waals surface area contributed by atoms with Gasteiger partial charge in [0.2, 0.25) is 5.91 Å². The lowest BCUT2D eigenvalue weighted by atomic mass is 9.81. The highest BCUT2D eigenvalue weighted by atomic mass is 31.2. The Morgan fingerprint density at radius 2 is 0.869 bits per heavy atom. The zero-order valence-electron chi connectivity index (χ0n) is 54.0. The lowest BCUT2D eigenvalue weighted by Crippen LogP contribution is -2.77. The molecule has 2 heterocycles. The smallest absolute Gasteiger partial charge is 0.462 e. The Morgan fingerprint density at radius 3 is 1.23 bits per heavy atom. The van der Waals surface area contributed by atoms with Crippen molar-refractivity contribution in [2.45, 2.75) is 378 Å². The molecule has 0 aromatic rings. The lowest BCUT2D eigenvalue weighted by Gasteiger charge is -2.52. The number of amides is 1. The first-order valence-electron chi connectivity index (χ1n) is 35.0. The molecule has 1 amide bonds. The van der Waals surface area contributed by atoms with Crippen molar-refractivity contribution in [3.05, 3.63) is 0 Å². The van der Waals surface area contributed by atoms with Crippen molar-refractivity contribution in [1.29, 1.82) is 0 Å². The van der Waals surface area contributed by atoms with E-state index in [1.54, 1.807) is 0 Å². The summed E-state index contributed by atoms with van der Waals surface area (Å²) < 4.78 is 42.6. The SMILES string of the molecule is CCCCCCCCCCCCCC(=O)O[C@H](CCCCCCCCCCC)CC(=O)N[C@@]1(CN2CCCC2)[C@H](O)O[C@H](CO)[C@@H](OP(=O)(O)O)[C@@H]1OC(=O)C[C@@H](CCCCCCCCCCC)OC(=O)CCCCCCCCCCCCC. The third kappa shape index (κ3) is 38.3. The van der Waals surface area contributed by atoms with Crippen molar-refractivity contribution >= 4 is 31.6 Å². The Hall–Kier alpha value is -2.17. The van der Waals surface area contributed by atoms with E-state index in [0.717, 1.165) is 103 Å². The van der Waals surface area contributed by atoms with E-state index >= 15 is 0 Å². The second-order valence-electron chi connectivity index (χ2n) is 25.2. The minimum atomic E-state index is -5.43. The molecule has 2 aliphatic rings. The maximum absolute atomic E-state index is 14.8. The van der Waals surface area contributed by atoms with E-state index < -0.39 is 87.0 Å². The number of hydrogen-bond acceptors (Lipinski definition) is 13. The largest absolute Gasteiger partial charge is 0.470 e. The van der Waals surface area contributed by atoms with Crippen molar-refractivity contribution in [1.82, 2.24) is 10.2 Å². The Kier molecular flexibility index (Phi) is 47.0. The Bertz CT molecular complexity index is 1680. The molecule has 2 saturated heterocycles. The summed E-state index contributed by atoms with van der Waals surface area (Å²) in [5.41, 5.74) is -2.11. The molecule has 0 bridgehead atoms. The van der Waals surface area contributed by atoms with Gasteiger partial charge in [-0.15, -0.1) is 0 Å². The first kappa shape index (κ1) is 77.9. The van der Waals surface area contributed by atoms with Crippen molar-refractivity contribution in [3.8, 4) is 0 Å². The second-order valence-corrected chi connectivity index (χ2v) is 26.4. The van der Waals surface area contributed by atoms with E-state index in [9.17, 15) is 43.7 Å². The highest BCUT2D eigenvalue weighted by molar-refractivity contribution is 7.46. The van der Waals surface area contributed by atoms with Gasteiger partial charge in [0, 0.05) is 19.4 Å². The minimum absolute atomic E-state index is 0.186. The van der Waals surface area contributed by atoms with Crippen LogP contribution >= 0.6 is 7.82 Å². The first-order chi connectivity index (χ1) is 40.7. The van der Waals surface area contributed by atoms with Gasteiger partial charge in [-0.2, -0.15) is 0 Å². The van der Waals surface area contributed by atoms with Gasteiger partial charge in [-0.3, -0.25) is 23.7 Å². The number of nitrogens with zero attached hydrogens (tertiary/aromatic N) is 1. The number of ether oxygens (including phenoxy) is 4. The number of phosphoric ester groups is 1. The molecule has 16 nitrogen and oxygen atoms in total. The predicted octanol–water partition coefficient (Wildman–Crippen LogP) is 15.9. The van der Waals surface area contributed by atoms with Crippen LogP contribution in [0.15, 0.2) is 0 Å². The summed E-state index contributed by atoms with van der Waals surface area (Å²) >= 11 is 0. The van der Waals surface area contributed by atoms with Gasteiger partial charge >= 0.3 is 25.7 Å². The number of likely N-dealkylation sites (tertiary alicyclic amines) is 1. The first-order valence-corrected chi connectivity index (χ1v) is 36.5. The summed E-state index contributed by atoms with van der Waals surface area (Å²) in [5.74, 6) is -2.39. The molecule has 7 atom stereocenters. The molecular formula is C67H127N2O14P. The summed E-state index contributed by atoms with van der Waals surface area (Å²) in [6, 6.07) is 0. The van der Waals surface area contributed by atoms with E-state index in [4.69, 9.17) is 23.5 Å². The number of carbonyl (C=O) groups excluding carboxylic acids is 4. The van der Waals surface area contributed by atoms with Crippen molar-refractivity contribution in [2.75, 3.05) is 26.2 Å². The Morgan fingerprint density at radius 1 is 0.524 bits per heavy atom. The number of esters is 3. The molecule has 0 aromatic heterocycles. The summed E-state index contributed by atoms with van der Waals surface area (Å²) in [7, 11) is -5.43. The van der Waals surface area contributed by atoms with E-state index in [1.807, 2.05) is 4.90 Å². The zero-order valence-corrected chi connectivity index (χ0v) is 54.9. The third-order valence-corrected chi connectivity index (χ3v) is 17.8. The number of aliphatic hydroxyl groups excluding tert-OH is 2. The van der Waals surface area contributed by atoms with Crippen LogP contribution in [0.4, 0.5) is 0 Å². The Labute approximate surface area is 511 Å². The fourth-order valence-corrected chi connectivity index (χ4v) is 12.8. The van der Waals surface area contributed by atoms with Crippen LogP contribution in [0.2, 0.25) is 0 Å².